The van der Waals surface area contributed by atoms with Gasteiger partial charge < -0.3 is 23.6 Å². The minimum Gasteiger partial charge on any atom is -0.322 e. The molecule has 24 heteroatoms. The van der Waals surface area contributed by atoms with Gasteiger partial charge in [-0.2, -0.15) is 15.0 Å². The first kappa shape index (κ1) is 76.5. The Morgan fingerprint density at radius 3 is 1.21 bits per heavy atom. The Bertz CT molecular complexity index is 6320. The van der Waals surface area contributed by atoms with Crippen molar-refractivity contribution in [1.82, 2.24) is 68.5 Å². The zero-order valence-corrected chi connectivity index (χ0v) is 64.9. The van der Waals surface area contributed by atoms with Crippen molar-refractivity contribution in [3.63, 3.8) is 0 Å². The number of nitrogens with zero attached hydrogens (tertiary/aromatic N) is 12. The summed E-state index contributed by atoms with van der Waals surface area (Å²) in [5.74, 6) is 2.46. The number of fused-ring (bicyclic) bond motifs is 8. The summed E-state index contributed by atoms with van der Waals surface area (Å²) in [5, 5.41) is 0.350. The maximum absolute atomic E-state index is 12.4. The molecule has 7 aliphatic rings. The van der Waals surface area contributed by atoms with Gasteiger partial charge in [-0.3, -0.25) is 34.1 Å². The fourth-order valence-corrected chi connectivity index (χ4v) is 14.5. The van der Waals surface area contributed by atoms with Crippen LogP contribution in [0.1, 0.15) is 97.2 Å². The number of anilines is 2. The number of nitrogens with one attached hydrogen (secondary N) is 4. The first-order valence-electron chi connectivity index (χ1n) is 37.0. The summed E-state index contributed by atoms with van der Waals surface area (Å²) in [6, 6.07) is 51.9. The summed E-state index contributed by atoms with van der Waals surface area (Å²) in [7, 11) is 0. The third-order valence-corrected chi connectivity index (χ3v) is 21.2. The maximum atomic E-state index is 12.4. The van der Waals surface area contributed by atoms with Crippen LogP contribution in [0, 0.1) is 76.2 Å². The van der Waals surface area contributed by atoms with Crippen molar-refractivity contribution in [2.45, 2.75) is 139 Å². The third kappa shape index (κ3) is 17.4. The van der Waals surface area contributed by atoms with Gasteiger partial charge >= 0.3 is 17.1 Å². The predicted molar refractivity (Wildman–Crippen MR) is 441 cm³/mol. The third-order valence-electron chi connectivity index (χ3n) is 20.2. The molecule has 0 bridgehead atoms. The van der Waals surface area contributed by atoms with Crippen molar-refractivity contribution >= 4 is 68.6 Å². The zero-order chi connectivity index (χ0) is 78.5. The molecule has 0 atom stereocenters. The van der Waals surface area contributed by atoms with Crippen LogP contribution >= 0.6 is 11.8 Å². The molecule has 0 radical (unpaired) electrons. The SMILES string of the molecule is C=c1nc2c(c(=O)[nH]1)=Nc1cc(C)c(C)cc1N2CCSc1ccccc1.Cc1ccc(CCCn2c3nc(=O)[nH]c(=O)c-3nc3cc(C)c(C)cc32)cc1.Cc1ccc(CCCn2c3nc(=O)[nH]c(=O)c-3nc3cc(C)c(C)cc32)cc1.Cc1cccc(CCCn2c3nc(=O)[nH]c(=O)c-3nc3cc(C)c(C)cc32)c1. The second kappa shape index (κ2) is 33.0. The van der Waals surface area contributed by atoms with E-state index in [1.165, 1.54) is 43.8 Å². The molecule has 111 heavy (non-hydrogen) atoms. The van der Waals surface area contributed by atoms with Gasteiger partial charge in [-0.1, -0.05) is 114 Å². The van der Waals surface area contributed by atoms with E-state index in [4.69, 9.17) is 0 Å². The standard InChI is InChI=1S/3C22H22N4O2.C21H20N4OS/c1-13-6-4-7-16(10-13)8-5-9-26-18-12-15(3)14(2)11-17(18)23-19-20(26)24-22(28)25-21(19)27;2*1-13-6-8-16(9-7-13)5-4-10-26-18-12-15(3)14(2)11-17(18)23-19-20(26)24-22(28)25-21(19)27;1-13-11-17-18(12-14(13)2)25(9-10-27-16-7-5-4-6-8-16)20-19(24-17)21(26)23-15(3)22-20/h4,6-7,10-12H,5,8-9H2,1-3H3,(H,25,27,28);2*6-9,11-12H,4-5,10H2,1-3H3,(H,25,27,28);4-8,11-12H,3,9-10H2,1-2H3,(H,23,26). The van der Waals surface area contributed by atoms with Crippen molar-refractivity contribution < 1.29 is 0 Å². The molecular formula is C87H86N16O7S. The highest BCUT2D eigenvalue weighted by atomic mass is 32.2. The quantitative estimate of drug-likeness (QED) is 0.0516. The molecule has 0 saturated heterocycles. The van der Waals surface area contributed by atoms with Crippen LogP contribution in [0.5, 0.6) is 0 Å². The minimum absolute atomic E-state index is 0.200. The minimum atomic E-state index is -0.644. The first-order valence-corrected chi connectivity index (χ1v) is 37.9. The van der Waals surface area contributed by atoms with E-state index >= 15 is 0 Å². The highest BCUT2D eigenvalue weighted by Crippen LogP contribution is 2.37. The van der Waals surface area contributed by atoms with Crippen molar-refractivity contribution in [2.24, 2.45) is 4.99 Å². The van der Waals surface area contributed by atoms with Crippen molar-refractivity contribution in [3.05, 3.63) is 313 Å². The fourth-order valence-electron chi connectivity index (χ4n) is 13.6. The van der Waals surface area contributed by atoms with Crippen LogP contribution in [0.2, 0.25) is 0 Å². The molecule has 7 aliphatic heterocycles. The zero-order valence-electron chi connectivity index (χ0n) is 64.1. The van der Waals surface area contributed by atoms with E-state index in [0.29, 0.717) is 60.3 Å². The highest BCUT2D eigenvalue weighted by molar-refractivity contribution is 7.99. The van der Waals surface area contributed by atoms with Gasteiger partial charge in [-0.25, -0.2) is 39.3 Å². The molecule has 8 aromatic carbocycles. The Kier molecular flexibility index (Phi) is 22.8. The van der Waals surface area contributed by atoms with Gasteiger partial charge in [-0.15, -0.1) is 11.8 Å². The van der Waals surface area contributed by atoms with Gasteiger partial charge in [0.2, 0.25) is 0 Å². The number of aromatic nitrogens is 14. The van der Waals surface area contributed by atoms with E-state index in [2.05, 4.69) is 215 Å². The van der Waals surface area contributed by atoms with Crippen LogP contribution in [0.4, 0.5) is 17.2 Å². The molecule has 8 heterocycles. The Hall–Kier alpha value is -12.7. The molecule has 16 rings (SSSR count). The first-order chi connectivity index (χ1) is 53.3. The molecule has 562 valence electrons. The lowest BCUT2D eigenvalue weighted by Crippen LogP contribution is -2.43. The van der Waals surface area contributed by atoms with Gasteiger partial charge in [-0.05, 0) is 237 Å². The molecule has 0 aliphatic carbocycles. The van der Waals surface area contributed by atoms with Crippen LogP contribution in [0.3, 0.4) is 0 Å². The highest BCUT2D eigenvalue weighted by Gasteiger charge is 2.26. The molecule has 1 aromatic heterocycles. The lowest BCUT2D eigenvalue weighted by atomic mass is 10.1. The summed E-state index contributed by atoms with van der Waals surface area (Å²) >= 11 is 1.78. The Morgan fingerprint density at radius 1 is 0.369 bits per heavy atom. The Morgan fingerprint density at radius 2 is 0.775 bits per heavy atom. The number of thioether (sulfide) groups is 1. The van der Waals surface area contributed by atoms with Gasteiger partial charge in [0.15, 0.2) is 45.7 Å². The monoisotopic (exact) mass is 1500 g/mol. The molecule has 9 aromatic rings. The summed E-state index contributed by atoms with van der Waals surface area (Å²) in [4.78, 5) is 132. The lowest BCUT2D eigenvalue weighted by molar-refractivity contribution is 0.648. The second-order valence-electron chi connectivity index (χ2n) is 28.5. The summed E-state index contributed by atoms with van der Waals surface area (Å²) in [6.45, 7) is 29.0. The van der Waals surface area contributed by atoms with Crippen LogP contribution in [0.15, 0.2) is 195 Å². The fraction of sp³-hybridized carbons (Fsp3) is 0.253. The topological polar surface area (TPSA) is 303 Å². The van der Waals surface area contributed by atoms with E-state index in [1.807, 2.05) is 97.7 Å². The van der Waals surface area contributed by atoms with E-state index < -0.39 is 33.7 Å². The van der Waals surface area contributed by atoms with Crippen LogP contribution in [0.25, 0.3) is 74.2 Å². The number of hydrogen-bond donors (Lipinski definition) is 4. The number of rotatable bonds is 16. The lowest BCUT2D eigenvalue weighted by Gasteiger charge is -2.28. The predicted octanol–water partition coefficient (Wildman–Crippen LogP) is 12.4. The van der Waals surface area contributed by atoms with Gasteiger partial charge in [0.25, 0.3) is 22.2 Å². The second-order valence-corrected chi connectivity index (χ2v) is 29.7. The average Bonchev–Trinajstić information content (AvgIpc) is 0.775. The maximum Gasteiger partial charge on any atom is 0.349 e. The van der Waals surface area contributed by atoms with Gasteiger partial charge in [0.05, 0.1) is 44.5 Å². The summed E-state index contributed by atoms with van der Waals surface area (Å²) < 4.78 is 5.86. The Balaban J connectivity index is 0.000000130. The van der Waals surface area contributed by atoms with Crippen molar-refractivity contribution in [2.75, 3.05) is 17.2 Å². The number of aryl methyl sites for hydroxylation is 17. The molecule has 0 amide bonds. The summed E-state index contributed by atoms with van der Waals surface area (Å²) in [5.41, 5.74) is 20.5. The molecule has 0 unspecified atom stereocenters. The molecule has 0 saturated carbocycles. The smallest absolute Gasteiger partial charge is 0.322 e. The molecule has 4 N–H and O–H groups in total. The van der Waals surface area contributed by atoms with Crippen molar-refractivity contribution in [1.29, 1.82) is 0 Å². The number of H-pyrrole nitrogens is 4. The molecular weight excluding hydrogens is 1410 g/mol. The molecule has 0 spiro atoms. The number of aromatic amines is 4. The number of benzene rings is 8. The van der Waals surface area contributed by atoms with Gasteiger partial charge in [0.1, 0.15) is 5.48 Å². The average molecular weight is 1500 g/mol. The molecule has 0 fully saturated rings. The number of hydrogen-bond acceptors (Lipinski definition) is 17. The van der Waals surface area contributed by atoms with Crippen LogP contribution in [-0.4, -0.2) is 80.8 Å². The van der Waals surface area contributed by atoms with E-state index in [9.17, 15) is 33.6 Å². The van der Waals surface area contributed by atoms with E-state index in [0.717, 1.165) is 128 Å². The van der Waals surface area contributed by atoms with Crippen LogP contribution in [-0.2, 0) is 38.9 Å². The van der Waals surface area contributed by atoms with E-state index in [1.54, 1.807) is 11.8 Å². The molecule has 23 nitrogen and oxygen atoms in total. The van der Waals surface area contributed by atoms with Crippen LogP contribution < -0.4 is 55.0 Å². The van der Waals surface area contributed by atoms with E-state index in [-0.39, 0.29) is 22.6 Å². The largest absolute Gasteiger partial charge is 0.349 e. The van der Waals surface area contributed by atoms with Crippen molar-refractivity contribution in [3.8, 4) is 34.6 Å². The summed E-state index contributed by atoms with van der Waals surface area (Å²) in [6.07, 6.45) is 5.28. The normalized spacial score (nSPS) is 11.6. The Labute approximate surface area is 642 Å². The van der Waals surface area contributed by atoms with Gasteiger partial charge in [0, 0.05) is 36.8 Å².